The van der Waals surface area contributed by atoms with Gasteiger partial charge in [-0.1, -0.05) is 50.6 Å². The van der Waals surface area contributed by atoms with E-state index in [4.69, 9.17) is 27.9 Å². The first-order chi connectivity index (χ1) is 9.70. The quantitative estimate of drug-likeness (QED) is 0.665. The van der Waals surface area contributed by atoms with E-state index in [-0.39, 0.29) is 33.8 Å². The van der Waals surface area contributed by atoms with E-state index < -0.39 is 0 Å². The van der Waals surface area contributed by atoms with Crippen LogP contribution in [0.2, 0.25) is 0 Å². The molecule has 0 heterocycles. The monoisotopic (exact) mass is 328 g/mol. The second-order valence-corrected chi connectivity index (χ2v) is 7.54. The standard InChI is InChI=1S/C17H22Cl2O2/c1-6-11-9(2)7-13(10(11)3)21-16(20)15-12(8-14(18)19)17(15,4)5/h8,12-13,15H,2,6-7H2,1,3-5H3/t12-,13?,15+/m1/s1. The molecule has 3 atom stereocenters. The second kappa shape index (κ2) is 5.81. The van der Waals surface area contributed by atoms with Crippen molar-refractivity contribution in [3.8, 4) is 0 Å². The Labute approximate surface area is 136 Å². The van der Waals surface area contributed by atoms with Crippen molar-refractivity contribution in [2.45, 2.75) is 46.6 Å². The minimum Gasteiger partial charge on any atom is -0.457 e. The molecule has 2 nitrogen and oxygen atoms in total. The molecule has 0 aromatic carbocycles. The van der Waals surface area contributed by atoms with E-state index in [0.717, 1.165) is 17.6 Å². The molecule has 0 N–H and O–H groups in total. The average Bonchev–Trinajstić information content (AvgIpc) is 2.76. The highest BCUT2D eigenvalue weighted by Gasteiger charge is 2.62. The minimum absolute atomic E-state index is 0.0505. The zero-order valence-corrected chi connectivity index (χ0v) is 14.5. The topological polar surface area (TPSA) is 26.3 Å². The molecule has 1 saturated carbocycles. The number of allylic oxidation sites excluding steroid dienone is 2. The summed E-state index contributed by atoms with van der Waals surface area (Å²) in [6.07, 6.45) is 3.22. The van der Waals surface area contributed by atoms with Crippen molar-refractivity contribution in [3.63, 3.8) is 0 Å². The van der Waals surface area contributed by atoms with E-state index in [9.17, 15) is 4.79 Å². The Morgan fingerprint density at radius 1 is 1.48 bits per heavy atom. The van der Waals surface area contributed by atoms with Gasteiger partial charge in [0.25, 0.3) is 0 Å². The SMILES string of the molecule is C=C1CC(OC(=O)[C@@H]2[C@@H](C=C(Cl)Cl)C2(C)C)C(C)=C1CC. The predicted octanol–water partition coefficient (Wildman–Crippen LogP) is 5.18. The van der Waals surface area contributed by atoms with Crippen LogP contribution in [0.25, 0.3) is 0 Å². The number of carbonyl (C=O) groups is 1. The molecule has 1 fully saturated rings. The molecule has 0 saturated heterocycles. The molecular formula is C17H22Cl2O2. The molecule has 116 valence electrons. The summed E-state index contributed by atoms with van der Waals surface area (Å²) in [5.41, 5.74) is 3.32. The fraction of sp³-hybridized carbons (Fsp3) is 0.588. The fourth-order valence-electron chi connectivity index (χ4n) is 3.42. The van der Waals surface area contributed by atoms with E-state index in [2.05, 4.69) is 13.5 Å². The van der Waals surface area contributed by atoms with E-state index in [0.29, 0.717) is 6.42 Å². The summed E-state index contributed by atoms with van der Waals surface area (Å²) in [6, 6.07) is 0. The van der Waals surface area contributed by atoms with Crippen LogP contribution in [0.15, 0.2) is 33.9 Å². The second-order valence-electron chi connectivity index (χ2n) is 6.53. The smallest absolute Gasteiger partial charge is 0.310 e. The van der Waals surface area contributed by atoms with Gasteiger partial charge in [0, 0.05) is 6.42 Å². The maximum Gasteiger partial charge on any atom is 0.310 e. The summed E-state index contributed by atoms with van der Waals surface area (Å²) in [4.78, 5) is 12.4. The lowest BCUT2D eigenvalue weighted by molar-refractivity contribution is -0.149. The van der Waals surface area contributed by atoms with Crippen LogP contribution in [0.1, 0.15) is 40.5 Å². The van der Waals surface area contributed by atoms with Gasteiger partial charge in [0.1, 0.15) is 10.6 Å². The van der Waals surface area contributed by atoms with Gasteiger partial charge in [0.2, 0.25) is 0 Å². The number of hydrogen-bond donors (Lipinski definition) is 0. The summed E-state index contributed by atoms with van der Waals surface area (Å²) in [7, 11) is 0. The van der Waals surface area contributed by atoms with Crippen molar-refractivity contribution in [1.29, 1.82) is 0 Å². The van der Waals surface area contributed by atoms with Gasteiger partial charge in [-0.2, -0.15) is 0 Å². The van der Waals surface area contributed by atoms with Crippen LogP contribution < -0.4 is 0 Å². The Morgan fingerprint density at radius 2 is 2.10 bits per heavy atom. The average molecular weight is 329 g/mol. The molecule has 0 aromatic rings. The third-order valence-electron chi connectivity index (χ3n) is 4.90. The normalized spacial score (nSPS) is 30.4. The van der Waals surface area contributed by atoms with Gasteiger partial charge in [0.15, 0.2) is 0 Å². The molecule has 2 rings (SSSR count). The third-order valence-corrected chi connectivity index (χ3v) is 5.15. The van der Waals surface area contributed by atoms with Crippen LogP contribution in [0.4, 0.5) is 0 Å². The zero-order chi connectivity index (χ0) is 15.9. The van der Waals surface area contributed by atoms with Crippen molar-refractivity contribution in [1.82, 2.24) is 0 Å². The Balaban J connectivity index is 2.06. The number of hydrogen-bond acceptors (Lipinski definition) is 2. The van der Waals surface area contributed by atoms with Crippen LogP contribution in [0.3, 0.4) is 0 Å². The molecule has 0 aromatic heterocycles. The van der Waals surface area contributed by atoms with Gasteiger partial charge in [-0.15, -0.1) is 0 Å². The number of ether oxygens (including phenoxy) is 1. The molecule has 2 aliphatic rings. The van der Waals surface area contributed by atoms with Crippen molar-refractivity contribution < 1.29 is 9.53 Å². The molecule has 0 aliphatic heterocycles. The van der Waals surface area contributed by atoms with Crippen LogP contribution in [-0.4, -0.2) is 12.1 Å². The summed E-state index contributed by atoms with van der Waals surface area (Å²) in [5.74, 6) is -0.281. The van der Waals surface area contributed by atoms with Crippen LogP contribution in [-0.2, 0) is 9.53 Å². The summed E-state index contributed by atoms with van der Waals surface area (Å²) in [5, 5.41) is 0. The Hall–Kier alpha value is -0.730. The Bertz CT molecular complexity index is 539. The van der Waals surface area contributed by atoms with Crippen LogP contribution in [0, 0.1) is 17.3 Å². The zero-order valence-electron chi connectivity index (χ0n) is 13.0. The van der Waals surface area contributed by atoms with Crippen molar-refractivity contribution in [2.75, 3.05) is 0 Å². The first-order valence-electron chi connectivity index (χ1n) is 7.31. The van der Waals surface area contributed by atoms with Crippen molar-refractivity contribution in [2.24, 2.45) is 17.3 Å². The molecule has 21 heavy (non-hydrogen) atoms. The van der Waals surface area contributed by atoms with Gasteiger partial charge < -0.3 is 4.74 Å². The Kier molecular flexibility index (Phi) is 4.60. The lowest BCUT2D eigenvalue weighted by Crippen LogP contribution is -2.20. The molecule has 0 spiro atoms. The maximum atomic E-state index is 12.4. The molecule has 4 heteroatoms. The number of esters is 1. The van der Waals surface area contributed by atoms with Crippen molar-refractivity contribution >= 4 is 29.2 Å². The third kappa shape index (κ3) is 3.07. The molecule has 2 aliphatic carbocycles. The number of carbonyl (C=O) groups excluding carboxylic acids is 1. The number of halogens is 2. The van der Waals surface area contributed by atoms with Crippen LogP contribution in [0.5, 0.6) is 0 Å². The molecule has 0 amide bonds. The van der Waals surface area contributed by atoms with E-state index >= 15 is 0 Å². The molecule has 0 bridgehead atoms. The highest BCUT2D eigenvalue weighted by atomic mass is 35.5. The van der Waals surface area contributed by atoms with Crippen LogP contribution >= 0.6 is 23.2 Å². The highest BCUT2D eigenvalue weighted by molar-refractivity contribution is 6.55. The lowest BCUT2D eigenvalue weighted by Gasteiger charge is -2.14. The molecule has 0 radical (unpaired) electrons. The number of rotatable bonds is 4. The summed E-state index contributed by atoms with van der Waals surface area (Å²) < 4.78 is 5.93. The highest BCUT2D eigenvalue weighted by Crippen LogP contribution is 2.60. The van der Waals surface area contributed by atoms with Gasteiger partial charge in [-0.05, 0) is 47.5 Å². The fourth-order valence-corrected chi connectivity index (χ4v) is 3.69. The maximum absolute atomic E-state index is 12.4. The minimum atomic E-state index is -0.170. The van der Waals surface area contributed by atoms with Gasteiger partial charge in [-0.25, -0.2) is 0 Å². The largest absolute Gasteiger partial charge is 0.457 e. The Morgan fingerprint density at radius 3 is 2.57 bits per heavy atom. The molecule has 1 unspecified atom stereocenters. The van der Waals surface area contributed by atoms with E-state index in [1.54, 1.807) is 6.08 Å². The first-order valence-corrected chi connectivity index (χ1v) is 8.06. The predicted molar refractivity (Wildman–Crippen MR) is 87.2 cm³/mol. The molecular weight excluding hydrogens is 307 g/mol. The lowest BCUT2D eigenvalue weighted by atomic mass is 10.1. The summed E-state index contributed by atoms with van der Waals surface area (Å²) in [6.45, 7) is 12.3. The van der Waals surface area contributed by atoms with E-state index in [1.807, 2.05) is 20.8 Å². The first kappa shape index (κ1) is 16.6. The van der Waals surface area contributed by atoms with E-state index in [1.165, 1.54) is 5.57 Å². The summed E-state index contributed by atoms with van der Waals surface area (Å²) >= 11 is 11.4. The van der Waals surface area contributed by atoms with Gasteiger partial charge in [0.05, 0.1) is 5.92 Å². The van der Waals surface area contributed by atoms with Gasteiger partial charge in [-0.3, -0.25) is 4.79 Å². The van der Waals surface area contributed by atoms with Crippen molar-refractivity contribution in [3.05, 3.63) is 33.9 Å². The van der Waals surface area contributed by atoms with Gasteiger partial charge >= 0.3 is 5.97 Å².